The topological polar surface area (TPSA) is 214 Å². The number of carbonyl (C=O) groups is 2. The number of anilines is 3. The van der Waals surface area contributed by atoms with E-state index < -0.39 is 87.5 Å². The Morgan fingerprint density at radius 3 is 1.70 bits per heavy atom. The van der Waals surface area contributed by atoms with Gasteiger partial charge in [-0.1, -0.05) is 58.9 Å². The van der Waals surface area contributed by atoms with E-state index in [4.69, 9.17) is 20.9 Å². The van der Waals surface area contributed by atoms with Crippen LogP contribution in [0.15, 0.2) is 107 Å². The monoisotopic (exact) mass is 1060 g/mol. The van der Waals surface area contributed by atoms with Gasteiger partial charge in [0, 0.05) is 42.5 Å². The summed E-state index contributed by atoms with van der Waals surface area (Å²) < 4.78 is 139. The standard InChI is InChI=1S/C29H34F2N4O4S.C23H21F3N2O4S.5H2/c1-17(2)16-39-21-12-19(11-20(30)13-21)22-9-10-23(27(26(22)31)35-15-18(3)14-29(35,4)5)28(36)34-40(37,38)25-8-6-7-24(32)33-25;1-13(2)11-32-16-9-14(8-15(24)10-16)17-6-7-18(23(26)22(17)25)19(29)12-33(30,31)21-5-3-4-20(27)28-21;;;;;/h6-13,17-18H,14-16H2,1-5H3,(H2,32,33)(H,34,36);3-10,13H,11-12H2,1-2H3,(H2,27,28);5*1H/t18-;;;;;;/m0....../s1. The third-order valence-corrected chi connectivity index (χ3v) is 14.0. The highest BCUT2D eigenvalue weighted by Crippen LogP contribution is 2.43. The Morgan fingerprint density at radius 2 is 1.21 bits per heavy atom. The Kier molecular flexibility index (Phi) is 16.9. The SMILES string of the molecule is CC(C)COc1cc(F)cc(-c2ccc(C(=O)CS(=O)(=O)c3cccc(N)n3)c(F)c2F)c1.CC(C)COc1cc(F)cc(-c2ccc(C(=O)NS(=O)(=O)c3cccc(N)n3)c(N3C[C@@H](C)CC3(C)C)c2F)c1.[HH].[HH].[HH].[HH].[HH]. The lowest BCUT2D eigenvalue weighted by atomic mass is 9.95. The van der Waals surface area contributed by atoms with Crippen molar-refractivity contribution in [3.05, 3.63) is 137 Å². The van der Waals surface area contributed by atoms with E-state index in [9.17, 15) is 44.0 Å². The molecular weight excluding hydrogens is 996 g/mol. The van der Waals surface area contributed by atoms with Gasteiger partial charge in [-0.05, 0) is 110 Å². The highest BCUT2D eigenvalue weighted by atomic mass is 32.2. The minimum absolute atomic E-state index is 0. The number of nitrogens with one attached hydrogen (secondary N) is 1. The summed E-state index contributed by atoms with van der Waals surface area (Å²) in [6.45, 7) is 14.7. The molecular formula is C52H65F5N6O8S2. The summed E-state index contributed by atoms with van der Waals surface area (Å²) in [4.78, 5) is 35.1. The molecule has 1 fully saturated rings. The first-order valence-corrected chi connectivity index (χ1v) is 26.0. The lowest BCUT2D eigenvalue weighted by molar-refractivity contribution is 0.0979. The molecule has 1 aliphatic heterocycles. The molecule has 1 aliphatic rings. The summed E-state index contributed by atoms with van der Waals surface area (Å²) in [5.41, 5.74) is 9.51. The van der Waals surface area contributed by atoms with Gasteiger partial charge in [-0.15, -0.1) is 0 Å². The minimum atomic E-state index is -4.41. The molecule has 2 aromatic heterocycles. The summed E-state index contributed by atoms with van der Waals surface area (Å²) in [6.07, 6.45) is 0.719. The number of amides is 1. The fourth-order valence-corrected chi connectivity index (χ4v) is 10.2. The number of sulfone groups is 1. The first-order chi connectivity index (χ1) is 34.1. The van der Waals surface area contributed by atoms with Crippen LogP contribution in [-0.2, 0) is 19.9 Å². The molecule has 398 valence electrons. The molecule has 4 aromatic carbocycles. The molecule has 0 spiro atoms. The number of nitrogens with two attached hydrogens (primary N) is 2. The number of sulfonamides is 1. The van der Waals surface area contributed by atoms with Gasteiger partial charge in [0.25, 0.3) is 15.9 Å². The van der Waals surface area contributed by atoms with E-state index in [2.05, 4.69) is 9.97 Å². The fourth-order valence-electron chi connectivity index (χ4n) is 8.07. The number of nitrogens with zero attached hydrogens (tertiary/aromatic N) is 3. The number of carbonyl (C=O) groups excluding carboxylic acids is 2. The molecule has 1 atom stereocenters. The first-order valence-electron chi connectivity index (χ1n) is 22.9. The number of rotatable bonds is 16. The van der Waals surface area contributed by atoms with Crippen LogP contribution in [0.2, 0.25) is 0 Å². The van der Waals surface area contributed by atoms with Gasteiger partial charge in [-0.3, -0.25) is 9.59 Å². The van der Waals surface area contributed by atoms with Gasteiger partial charge in [0.15, 0.2) is 33.3 Å². The number of ether oxygens (including phenoxy) is 2. The van der Waals surface area contributed by atoms with Crippen molar-refractivity contribution >= 4 is 48.9 Å². The Hall–Kier alpha value is -7.13. The first kappa shape index (κ1) is 55.2. The van der Waals surface area contributed by atoms with E-state index in [1.807, 2.05) is 53.2 Å². The molecule has 21 heteroatoms. The van der Waals surface area contributed by atoms with Gasteiger partial charge in [-0.25, -0.2) is 45.1 Å². The quantitative estimate of drug-likeness (QED) is 0.0608. The van der Waals surface area contributed by atoms with E-state index in [0.29, 0.717) is 19.8 Å². The highest BCUT2D eigenvalue weighted by molar-refractivity contribution is 7.92. The average Bonchev–Trinajstić information content (AvgIpc) is 3.58. The molecule has 1 saturated heterocycles. The Balaban J connectivity index is 0.000000745. The van der Waals surface area contributed by atoms with Crippen LogP contribution < -0.4 is 30.6 Å². The number of hydrogen-bond acceptors (Lipinski definition) is 13. The average molecular weight is 1060 g/mol. The maximum atomic E-state index is 16.5. The smallest absolute Gasteiger partial charge is 0.281 e. The molecule has 1 amide bonds. The zero-order valence-electron chi connectivity index (χ0n) is 41.0. The number of aromatic nitrogens is 2. The van der Waals surface area contributed by atoms with E-state index in [0.717, 1.165) is 36.8 Å². The summed E-state index contributed by atoms with van der Waals surface area (Å²) in [5, 5.41) is -0.898. The Labute approximate surface area is 428 Å². The second-order valence-corrected chi connectivity index (χ2v) is 22.6. The summed E-state index contributed by atoms with van der Waals surface area (Å²) in [6, 6.07) is 20.0. The van der Waals surface area contributed by atoms with Gasteiger partial charge in [0.1, 0.15) is 40.5 Å². The summed E-state index contributed by atoms with van der Waals surface area (Å²) >= 11 is 0. The maximum Gasteiger partial charge on any atom is 0.281 e. The van der Waals surface area contributed by atoms with Crippen LogP contribution in [-0.4, -0.2) is 69.5 Å². The van der Waals surface area contributed by atoms with Crippen molar-refractivity contribution < 1.29 is 65.0 Å². The number of nitrogen functional groups attached to an aromatic ring is 2. The van der Waals surface area contributed by atoms with Crippen LogP contribution in [0.3, 0.4) is 0 Å². The van der Waals surface area contributed by atoms with Crippen molar-refractivity contribution in [2.24, 2.45) is 17.8 Å². The van der Waals surface area contributed by atoms with E-state index in [-0.39, 0.29) is 81.5 Å². The largest absolute Gasteiger partial charge is 0.493 e. The molecule has 7 rings (SSSR count). The number of ketones is 1. The van der Waals surface area contributed by atoms with Crippen LogP contribution in [0.25, 0.3) is 22.3 Å². The number of Topliss-reactive ketones (excluding diaryl/α,β-unsaturated/α-hetero) is 1. The van der Waals surface area contributed by atoms with Gasteiger partial charge < -0.3 is 25.8 Å². The minimum Gasteiger partial charge on any atom is -0.493 e. The Bertz CT molecular complexity index is 3310. The van der Waals surface area contributed by atoms with Gasteiger partial charge >= 0.3 is 0 Å². The molecule has 73 heavy (non-hydrogen) atoms. The molecule has 0 saturated carbocycles. The summed E-state index contributed by atoms with van der Waals surface area (Å²) in [5.74, 6) is -7.54. The fraction of sp³-hybridized carbons (Fsp3) is 0.308. The van der Waals surface area contributed by atoms with E-state index in [1.165, 1.54) is 60.7 Å². The molecule has 0 aliphatic carbocycles. The normalized spacial score (nSPS) is 14.4. The predicted octanol–water partition coefficient (Wildman–Crippen LogP) is 11.1. The van der Waals surface area contributed by atoms with Crippen LogP contribution in [0.1, 0.15) is 82.7 Å². The molecule has 5 N–H and O–H groups in total. The van der Waals surface area contributed by atoms with Crippen molar-refractivity contribution in [2.45, 2.75) is 70.5 Å². The third-order valence-electron chi connectivity index (χ3n) is 11.2. The van der Waals surface area contributed by atoms with E-state index in [1.54, 1.807) is 11.0 Å². The second-order valence-electron chi connectivity index (χ2n) is 19.0. The van der Waals surface area contributed by atoms with Crippen molar-refractivity contribution in [1.29, 1.82) is 0 Å². The van der Waals surface area contributed by atoms with E-state index >= 15 is 4.39 Å². The van der Waals surface area contributed by atoms with Crippen LogP contribution in [0.5, 0.6) is 11.5 Å². The zero-order valence-corrected chi connectivity index (χ0v) is 42.6. The molecule has 0 radical (unpaired) electrons. The number of benzene rings is 4. The zero-order chi connectivity index (χ0) is 53.7. The summed E-state index contributed by atoms with van der Waals surface area (Å²) in [7, 11) is -8.65. The van der Waals surface area contributed by atoms with Crippen molar-refractivity contribution in [2.75, 3.05) is 41.9 Å². The molecule has 14 nitrogen and oxygen atoms in total. The second kappa shape index (κ2) is 22.3. The van der Waals surface area contributed by atoms with Gasteiger partial charge in [0.2, 0.25) is 9.84 Å². The number of pyridine rings is 2. The maximum absolute atomic E-state index is 16.5. The molecule has 0 bridgehead atoms. The van der Waals surface area contributed by atoms with Gasteiger partial charge in [0.05, 0.1) is 30.0 Å². The van der Waals surface area contributed by atoms with Crippen molar-refractivity contribution in [3.8, 4) is 33.8 Å². The van der Waals surface area contributed by atoms with Crippen LogP contribution in [0, 0.1) is 46.8 Å². The molecule has 6 aromatic rings. The molecule has 3 heterocycles. The van der Waals surface area contributed by atoms with Crippen molar-refractivity contribution in [1.82, 2.24) is 14.7 Å². The lowest BCUT2D eigenvalue weighted by Gasteiger charge is -2.35. The lowest BCUT2D eigenvalue weighted by Crippen LogP contribution is -2.41. The number of halogens is 5. The highest BCUT2D eigenvalue weighted by Gasteiger charge is 2.40. The van der Waals surface area contributed by atoms with Crippen LogP contribution in [0.4, 0.5) is 39.3 Å². The van der Waals surface area contributed by atoms with Crippen molar-refractivity contribution in [3.63, 3.8) is 0 Å². The van der Waals surface area contributed by atoms with Crippen LogP contribution >= 0.6 is 0 Å². The van der Waals surface area contributed by atoms with Gasteiger partial charge in [-0.2, -0.15) is 8.42 Å². The third kappa shape index (κ3) is 13.5. The Morgan fingerprint density at radius 1 is 0.712 bits per heavy atom. The predicted molar refractivity (Wildman–Crippen MR) is 278 cm³/mol. The number of hydrogen-bond donors (Lipinski definition) is 3. The molecule has 0 unspecified atom stereocenters.